The summed E-state index contributed by atoms with van der Waals surface area (Å²) < 4.78 is 14.2. The van der Waals surface area contributed by atoms with E-state index in [2.05, 4.69) is 0 Å². The number of benzene rings is 1. The molecule has 0 atom stereocenters. The highest BCUT2D eigenvalue weighted by molar-refractivity contribution is 5.92. The van der Waals surface area contributed by atoms with Crippen LogP contribution in [0.15, 0.2) is 35.1 Å². The largest absolute Gasteiger partial charge is 0.314 e. The number of amides is 1. The van der Waals surface area contributed by atoms with Crippen molar-refractivity contribution in [1.29, 1.82) is 5.26 Å². The average molecular weight is 313 g/mol. The van der Waals surface area contributed by atoms with Gasteiger partial charge in [0.25, 0.3) is 5.56 Å². The molecular weight excluding hydrogens is 297 g/mol. The lowest BCUT2D eigenvalue weighted by Crippen LogP contribution is -2.35. The number of aromatic nitrogens is 1. The molecule has 6 heteroatoms. The van der Waals surface area contributed by atoms with E-state index >= 15 is 0 Å². The summed E-state index contributed by atoms with van der Waals surface area (Å²) >= 11 is 0. The van der Waals surface area contributed by atoms with Gasteiger partial charge in [-0.2, -0.15) is 5.26 Å². The van der Waals surface area contributed by atoms with Gasteiger partial charge in [0.05, 0.1) is 0 Å². The second kappa shape index (κ2) is 6.44. The smallest absolute Gasteiger partial charge is 0.269 e. The number of nitriles is 1. The molecule has 0 aliphatic carbocycles. The van der Waals surface area contributed by atoms with Crippen LogP contribution in [0.5, 0.6) is 0 Å². The van der Waals surface area contributed by atoms with Crippen molar-refractivity contribution in [3.8, 4) is 6.07 Å². The van der Waals surface area contributed by atoms with Gasteiger partial charge in [0.15, 0.2) is 0 Å². The van der Waals surface area contributed by atoms with Crippen LogP contribution >= 0.6 is 0 Å². The molecule has 0 unspecified atom stereocenters. The third-order valence-electron chi connectivity index (χ3n) is 3.70. The Labute approximate surface area is 133 Å². The molecule has 0 radical (unpaired) electrons. The van der Waals surface area contributed by atoms with Gasteiger partial charge in [-0.05, 0) is 49.7 Å². The molecule has 2 aromatic rings. The van der Waals surface area contributed by atoms with Crippen molar-refractivity contribution in [2.24, 2.45) is 0 Å². The van der Waals surface area contributed by atoms with Gasteiger partial charge < -0.3 is 9.47 Å². The van der Waals surface area contributed by atoms with E-state index in [4.69, 9.17) is 5.26 Å². The molecule has 0 bridgehead atoms. The van der Waals surface area contributed by atoms with Crippen molar-refractivity contribution in [2.75, 3.05) is 11.9 Å². The zero-order chi connectivity index (χ0) is 17.1. The number of nitrogens with zero attached hydrogens (tertiary/aromatic N) is 3. The predicted octanol–water partition coefficient (Wildman–Crippen LogP) is 2.14. The summed E-state index contributed by atoms with van der Waals surface area (Å²) in [4.78, 5) is 26.0. The number of pyridine rings is 1. The fourth-order valence-corrected chi connectivity index (χ4v) is 2.31. The lowest BCUT2D eigenvalue weighted by Gasteiger charge is -2.19. The summed E-state index contributed by atoms with van der Waals surface area (Å²) in [6, 6.07) is 9.06. The fraction of sp³-hybridized carbons (Fsp3) is 0.235. The summed E-state index contributed by atoms with van der Waals surface area (Å²) in [7, 11) is 1.55. The maximum absolute atomic E-state index is 12.9. The normalized spacial score (nSPS) is 10.2. The Balaban J connectivity index is 2.32. The van der Waals surface area contributed by atoms with Crippen LogP contribution in [0, 0.1) is 31.0 Å². The van der Waals surface area contributed by atoms with Crippen LogP contribution in [0.1, 0.15) is 16.8 Å². The van der Waals surface area contributed by atoms with Crippen molar-refractivity contribution in [3.63, 3.8) is 0 Å². The molecule has 23 heavy (non-hydrogen) atoms. The molecule has 0 N–H and O–H groups in total. The zero-order valence-electron chi connectivity index (χ0n) is 13.1. The van der Waals surface area contributed by atoms with Gasteiger partial charge in [-0.15, -0.1) is 0 Å². The van der Waals surface area contributed by atoms with Gasteiger partial charge >= 0.3 is 0 Å². The number of carbonyl (C=O) groups excluding carboxylic acids is 1. The molecule has 118 valence electrons. The van der Waals surface area contributed by atoms with E-state index in [9.17, 15) is 14.0 Å². The highest BCUT2D eigenvalue weighted by Crippen LogP contribution is 2.14. The van der Waals surface area contributed by atoms with E-state index in [0.717, 1.165) is 0 Å². The molecule has 1 aromatic carbocycles. The second-order valence-electron chi connectivity index (χ2n) is 5.28. The van der Waals surface area contributed by atoms with E-state index in [-0.39, 0.29) is 23.8 Å². The number of anilines is 1. The molecule has 5 nitrogen and oxygen atoms in total. The first-order valence-electron chi connectivity index (χ1n) is 6.98. The van der Waals surface area contributed by atoms with Gasteiger partial charge in [0, 0.05) is 18.4 Å². The minimum atomic E-state index is -0.481. The number of aryl methyl sites for hydroxylation is 2. The third-order valence-corrected chi connectivity index (χ3v) is 3.70. The van der Waals surface area contributed by atoms with Crippen LogP contribution in [0.2, 0.25) is 0 Å². The van der Waals surface area contributed by atoms with Crippen LogP contribution in [0.25, 0.3) is 0 Å². The summed E-state index contributed by atoms with van der Waals surface area (Å²) in [6.07, 6.45) is 0. The van der Waals surface area contributed by atoms with E-state index in [1.165, 1.54) is 33.7 Å². The van der Waals surface area contributed by atoms with E-state index in [1.54, 1.807) is 27.0 Å². The number of halogens is 1. The Hall–Kier alpha value is -2.94. The first-order chi connectivity index (χ1) is 10.8. The third kappa shape index (κ3) is 3.29. The molecule has 1 amide bonds. The van der Waals surface area contributed by atoms with E-state index in [1.807, 2.05) is 6.07 Å². The number of hydrogen-bond donors (Lipinski definition) is 0. The molecule has 0 aliphatic rings. The van der Waals surface area contributed by atoms with Crippen LogP contribution in [0.3, 0.4) is 0 Å². The number of likely N-dealkylation sites (N-methyl/N-ethyl adjacent to an activating group) is 1. The van der Waals surface area contributed by atoms with E-state index < -0.39 is 5.56 Å². The van der Waals surface area contributed by atoms with Crippen molar-refractivity contribution in [1.82, 2.24) is 4.57 Å². The highest BCUT2D eigenvalue weighted by atomic mass is 19.1. The Kier molecular flexibility index (Phi) is 4.60. The molecule has 1 heterocycles. The second-order valence-corrected chi connectivity index (χ2v) is 5.28. The standard InChI is InChI=1S/C17H16FN3O2/c1-11-8-12(2)21(17(23)15(11)9-19)10-16(22)20(3)14-6-4-13(18)5-7-14/h4-8H,10H2,1-3H3. The Morgan fingerprint density at radius 1 is 1.30 bits per heavy atom. The zero-order valence-corrected chi connectivity index (χ0v) is 13.1. The van der Waals surface area contributed by atoms with Crippen LogP contribution in [0.4, 0.5) is 10.1 Å². The molecular formula is C17H16FN3O2. The van der Waals surface area contributed by atoms with Crippen molar-refractivity contribution >= 4 is 11.6 Å². The Morgan fingerprint density at radius 3 is 2.48 bits per heavy atom. The first-order valence-corrected chi connectivity index (χ1v) is 6.98. The van der Waals surface area contributed by atoms with Crippen LogP contribution in [-0.2, 0) is 11.3 Å². The monoisotopic (exact) mass is 313 g/mol. The van der Waals surface area contributed by atoms with Gasteiger partial charge in [-0.25, -0.2) is 4.39 Å². The van der Waals surface area contributed by atoms with Crippen LogP contribution < -0.4 is 10.5 Å². The fourth-order valence-electron chi connectivity index (χ4n) is 2.31. The summed E-state index contributed by atoms with van der Waals surface area (Å²) in [5, 5.41) is 9.07. The highest BCUT2D eigenvalue weighted by Gasteiger charge is 2.16. The van der Waals surface area contributed by atoms with Crippen LogP contribution in [-0.4, -0.2) is 17.5 Å². The molecule has 0 saturated carbocycles. The van der Waals surface area contributed by atoms with Crippen molar-refractivity contribution in [3.05, 3.63) is 63.3 Å². The molecule has 0 aliphatic heterocycles. The Morgan fingerprint density at radius 2 is 1.91 bits per heavy atom. The van der Waals surface area contributed by atoms with Crippen molar-refractivity contribution < 1.29 is 9.18 Å². The number of carbonyl (C=O) groups is 1. The maximum Gasteiger partial charge on any atom is 0.269 e. The Bertz CT molecular complexity index is 848. The minimum absolute atomic E-state index is 0.0350. The molecule has 0 fully saturated rings. The maximum atomic E-state index is 12.9. The predicted molar refractivity (Wildman–Crippen MR) is 84.7 cm³/mol. The lowest BCUT2D eigenvalue weighted by molar-refractivity contribution is -0.118. The van der Waals surface area contributed by atoms with Gasteiger partial charge in [-0.1, -0.05) is 0 Å². The number of rotatable bonds is 3. The topological polar surface area (TPSA) is 66.1 Å². The summed E-state index contributed by atoms with van der Waals surface area (Å²) in [5.41, 5.74) is 1.27. The lowest BCUT2D eigenvalue weighted by atomic mass is 10.1. The van der Waals surface area contributed by atoms with Crippen molar-refractivity contribution in [2.45, 2.75) is 20.4 Å². The van der Waals surface area contributed by atoms with E-state index in [0.29, 0.717) is 16.9 Å². The molecule has 2 rings (SSSR count). The van der Waals surface area contributed by atoms with Gasteiger partial charge in [0.1, 0.15) is 24.0 Å². The molecule has 1 aromatic heterocycles. The van der Waals surface area contributed by atoms with Gasteiger partial charge in [-0.3, -0.25) is 9.59 Å². The number of hydrogen-bond acceptors (Lipinski definition) is 3. The van der Waals surface area contributed by atoms with Gasteiger partial charge in [0.2, 0.25) is 5.91 Å². The molecule has 0 spiro atoms. The minimum Gasteiger partial charge on any atom is -0.314 e. The first kappa shape index (κ1) is 16.4. The SMILES string of the molecule is Cc1cc(C)n(CC(=O)N(C)c2ccc(F)cc2)c(=O)c1C#N. The summed E-state index contributed by atoms with van der Waals surface area (Å²) in [6.45, 7) is 3.21. The average Bonchev–Trinajstić information content (AvgIpc) is 2.51. The summed E-state index contributed by atoms with van der Waals surface area (Å²) in [5.74, 6) is -0.728. The molecule has 0 saturated heterocycles. The quantitative estimate of drug-likeness (QED) is 0.872.